The van der Waals surface area contributed by atoms with Crippen molar-refractivity contribution in [2.75, 3.05) is 16.3 Å². The molecule has 0 saturated carbocycles. The Morgan fingerprint density at radius 2 is 2.00 bits per heavy atom. The number of amides is 1. The summed E-state index contributed by atoms with van der Waals surface area (Å²) in [6.45, 7) is 5.93. The highest BCUT2D eigenvalue weighted by molar-refractivity contribution is 7.92. The number of hydrogen-bond donors (Lipinski definition) is 2. The van der Waals surface area contributed by atoms with Gasteiger partial charge in [0.15, 0.2) is 0 Å². The zero-order chi connectivity index (χ0) is 17.9. The van der Waals surface area contributed by atoms with Gasteiger partial charge in [-0.1, -0.05) is 31.3 Å². The zero-order valence-electron chi connectivity index (χ0n) is 14.0. The molecular formula is C15H20N4O3S2. The number of nitrogens with zero attached hydrogens (tertiary/aromatic N) is 2. The molecule has 0 saturated heterocycles. The van der Waals surface area contributed by atoms with Crippen LogP contribution in [0.4, 0.5) is 10.8 Å². The van der Waals surface area contributed by atoms with Gasteiger partial charge in [-0.15, -0.1) is 10.2 Å². The van der Waals surface area contributed by atoms with E-state index in [1.807, 2.05) is 0 Å². The van der Waals surface area contributed by atoms with Crippen molar-refractivity contribution >= 4 is 38.1 Å². The molecule has 9 heteroatoms. The molecule has 24 heavy (non-hydrogen) atoms. The molecule has 0 atom stereocenters. The number of rotatable bonds is 6. The van der Waals surface area contributed by atoms with E-state index in [9.17, 15) is 13.2 Å². The quantitative estimate of drug-likeness (QED) is 0.816. The summed E-state index contributed by atoms with van der Waals surface area (Å²) < 4.78 is 25.2. The fourth-order valence-corrected chi connectivity index (χ4v) is 3.54. The number of carbonyl (C=O) groups is 1. The molecule has 1 aromatic carbocycles. The van der Waals surface area contributed by atoms with Crippen molar-refractivity contribution in [3.8, 4) is 0 Å². The van der Waals surface area contributed by atoms with Crippen LogP contribution in [0.5, 0.6) is 0 Å². The minimum atomic E-state index is -3.41. The van der Waals surface area contributed by atoms with E-state index in [1.54, 1.807) is 19.1 Å². The molecule has 1 aromatic heterocycles. The van der Waals surface area contributed by atoms with E-state index < -0.39 is 10.0 Å². The molecular weight excluding hydrogens is 348 g/mol. The van der Waals surface area contributed by atoms with Crippen molar-refractivity contribution in [3.63, 3.8) is 0 Å². The zero-order valence-corrected chi connectivity index (χ0v) is 15.6. The number of sulfonamides is 1. The largest absolute Gasteiger partial charge is 0.296 e. The monoisotopic (exact) mass is 368 g/mol. The Labute approximate surface area is 145 Å². The SMILES string of the molecule is Cc1ccc(C(=O)Nc2nnc(CC(C)C)s2)cc1NS(C)(=O)=O. The summed E-state index contributed by atoms with van der Waals surface area (Å²) in [6.07, 6.45) is 1.87. The molecule has 0 aliphatic heterocycles. The second-order valence-corrected chi connectivity index (χ2v) is 8.77. The molecule has 2 N–H and O–H groups in total. The topological polar surface area (TPSA) is 101 Å². The summed E-state index contributed by atoms with van der Waals surface area (Å²) in [4.78, 5) is 12.3. The second kappa shape index (κ2) is 7.27. The van der Waals surface area contributed by atoms with E-state index in [0.717, 1.165) is 23.2 Å². The molecule has 130 valence electrons. The molecule has 0 radical (unpaired) electrons. The van der Waals surface area contributed by atoms with Gasteiger partial charge in [0.2, 0.25) is 15.2 Å². The standard InChI is InChI=1S/C15H20N4O3S2/c1-9(2)7-13-17-18-15(23-13)16-14(20)11-6-5-10(3)12(8-11)19-24(4,21)22/h5-6,8-9,19H,7H2,1-4H3,(H,16,18,20). The van der Waals surface area contributed by atoms with Crippen molar-refractivity contribution in [1.82, 2.24) is 10.2 Å². The van der Waals surface area contributed by atoms with Crippen molar-refractivity contribution in [3.05, 3.63) is 34.3 Å². The summed E-state index contributed by atoms with van der Waals surface area (Å²) in [7, 11) is -3.41. The van der Waals surface area contributed by atoms with Crippen molar-refractivity contribution in [1.29, 1.82) is 0 Å². The summed E-state index contributed by atoms with van der Waals surface area (Å²) in [5.41, 5.74) is 1.45. The van der Waals surface area contributed by atoms with Crippen LogP contribution in [-0.4, -0.2) is 30.8 Å². The number of benzene rings is 1. The second-order valence-electron chi connectivity index (χ2n) is 5.96. The van der Waals surface area contributed by atoms with Crippen LogP contribution in [0.1, 0.15) is 34.8 Å². The molecule has 0 bridgehead atoms. The average molecular weight is 368 g/mol. The highest BCUT2D eigenvalue weighted by Gasteiger charge is 2.13. The molecule has 0 spiro atoms. The molecule has 0 unspecified atom stereocenters. The normalized spacial score (nSPS) is 11.5. The number of nitrogens with one attached hydrogen (secondary N) is 2. The summed E-state index contributed by atoms with van der Waals surface area (Å²) in [5.74, 6) is 0.0991. The summed E-state index contributed by atoms with van der Waals surface area (Å²) >= 11 is 1.34. The van der Waals surface area contributed by atoms with Gasteiger partial charge in [-0.25, -0.2) is 8.42 Å². The van der Waals surface area contributed by atoms with Crippen LogP contribution in [0, 0.1) is 12.8 Å². The molecule has 2 rings (SSSR count). The van der Waals surface area contributed by atoms with Gasteiger partial charge >= 0.3 is 0 Å². The fourth-order valence-electron chi connectivity index (χ4n) is 1.98. The number of anilines is 2. The van der Waals surface area contributed by atoms with Gasteiger partial charge in [0.25, 0.3) is 5.91 Å². The van der Waals surface area contributed by atoms with Crippen LogP contribution in [0.15, 0.2) is 18.2 Å². The van der Waals surface area contributed by atoms with Crippen LogP contribution in [0.25, 0.3) is 0 Å². The Hall–Kier alpha value is -2.00. The molecule has 7 nitrogen and oxygen atoms in total. The summed E-state index contributed by atoms with van der Waals surface area (Å²) in [6, 6.07) is 4.82. The van der Waals surface area contributed by atoms with E-state index in [1.165, 1.54) is 17.4 Å². The molecule has 0 fully saturated rings. The maximum Gasteiger partial charge on any atom is 0.257 e. The van der Waals surface area contributed by atoms with Crippen molar-refractivity contribution in [2.24, 2.45) is 5.92 Å². The number of aromatic nitrogens is 2. The van der Waals surface area contributed by atoms with Gasteiger partial charge in [0, 0.05) is 12.0 Å². The minimum Gasteiger partial charge on any atom is -0.296 e. The van der Waals surface area contributed by atoms with Crippen LogP contribution in [0.2, 0.25) is 0 Å². The predicted octanol–water partition coefficient (Wildman–Crippen LogP) is 2.67. The van der Waals surface area contributed by atoms with Gasteiger partial charge in [-0.3, -0.25) is 14.8 Å². The molecule has 1 heterocycles. The first-order chi connectivity index (χ1) is 11.1. The number of carbonyl (C=O) groups excluding carboxylic acids is 1. The maximum absolute atomic E-state index is 12.3. The highest BCUT2D eigenvalue weighted by atomic mass is 32.2. The Bertz CT molecular complexity index is 844. The first kappa shape index (κ1) is 18.3. The third-order valence-electron chi connectivity index (χ3n) is 3.07. The van der Waals surface area contributed by atoms with Crippen LogP contribution in [0.3, 0.4) is 0 Å². The molecule has 2 aromatic rings. The van der Waals surface area contributed by atoms with Crippen molar-refractivity contribution in [2.45, 2.75) is 27.2 Å². The smallest absolute Gasteiger partial charge is 0.257 e. The third kappa shape index (κ3) is 5.27. The van der Waals surface area contributed by atoms with Gasteiger partial charge in [-0.2, -0.15) is 0 Å². The van der Waals surface area contributed by atoms with E-state index in [4.69, 9.17) is 0 Å². The van der Waals surface area contributed by atoms with Gasteiger partial charge in [0.05, 0.1) is 11.9 Å². The molecule has 0 aliphatic carbocycles. The predicted molar refractivity (Wildman–Crippen MR) is 96.0 cm³/mol. The van der Waals surface area contributed by atoms with Gasteiger partial charge in [0.1, 0.15) is 5.01 Å². The Balaban J connectivity index is 2.15. The Morgan fingerprint density at radius 3 is 2.62 bits per heavy atom. The van der Waals surface area contributed by atoms with Gasteiger partial charge in [-0.05, 0) is 30.5 Å². The lowest BCUT2D eigenvalue weighted by Gasteiger charge is -2.09. The highest BCUT2D eigenvalue weighted by Crippen LogP contribution is 2.21. The van der Waals surface area contributed by atoms with Gasteiger partial charge < -0.3 is 0 Å². The van der Waals surface area contributed by atoms with Crippen LogP contribution >= 0.6 is 11.3 Å². The number of aryl methyl sites for hydroxylation is 1. The lowest BCUT2D eigenvalue weighted by Crippen LogP contribution is -2.14. The van der Waals surface area contributed by atoms with Crippen molar-refractivity contribution < 1.29 is 13.2 Å². The van der Waals surface area contributed by atoms with E-state index >= 15 is 0 Å². The molecule has 1 amide bonds. The molecule has 0 aliphatic rings. The number of hydrogen-bond acceptors (Lipinski definition) is 6. The van der Waals surface area contributed by atoms with E-state index in [0.29, 0.717) is 22.3 Å². The van der Waals surface area contributed by atoms with E-state index in [2.05, 4.69) is 34.1 Å². The van der Waals surface area contributed by atoms with Crippen LogP contribution in [-0.2, 0) is 16.4 Å². The lowest BCUT2D eigenvalue weighted by atomic mass is 10.1. The average Bonchev–Trinajstić information content (AvgIpc) is 2.86. The lowest BCUT2D eigenvalue weighted by molar-refractivity contribution is 0.102. The first-order valence-corrected chi connectivity index (χ1v) is 10.1. The first-order valence-electron chi connectivity index (χ1n) is 7.36. The van der Waals surface area contributed by atoms with E-state index in [-0.39, 0.29) is 5.91 Å². The Kier molecular flexibility index (Phi) is 5.55. The Morgan fingerprint density at radius 1 is 1.29 bits per heavy atom. The summed E-state index contributed by atoms with van der Waals surface area (Å²) in [5, 5.41) is 12.0. The fraction of sp³-hybridized carbons (Fsp3) is 0.400. The third-order valence-corrected chi connectivity index (χ3v) is 4.52. The van der Waals surface area contributed by atoms with Crippen LogP contribution < -0.4 is 10.0 Å². The minimum absolute atomic E-state index is 0.340. The maximum atomic E-state index is 12.3.